The molecule has 18 heavy (non-hydrogen) atoms. The van der Waals surface area contributed by atoms with Crippen LogP contribution in [-0.4, -0.2) is 35.7 Å². The number of aryl methyl sites for hydroxylation is 1. The first-order valence-corrected chi connectivity index (χ1v) is 7.03. The van der Waals surface area contributed by atoms with Gasteiger partial charge in [-0.25, -0.2) is 4.39 Å². The van der Waals surface area contributed by atoms with E-state index in [0.717, 1.165) is 23.5 Å². The van der Waals surface area contributed by atoms with E-state index < -0.39 is 5.82 Å². The van der Waals surface area contributed by atoms with Crippen molar-refractivity contribution in [1.82, 2.24) is 5.32 Å². The van der Waals surface area contributed by atoms with Gasteiger partial charge < -0.3 is 10.4 Å². The maximum Gasteiger partial charge on any atom is 0.251 e. The lowest BCUT2D eigenvalue weighted by atomic mass is 10.1. The number of halogens is 1. The van der Waals surface area contributed by atoms with E-state index in [0.29, 0.717) is 12.1 Å². The second-order valence-corrected chi connectivity index (χ2v) is 5.13. The lowest BCUT2D eigenvalue weighted by molar-refractivity contribution is 0.0955. The molecule has 0 bridgehead atoms. The molecule has 1 aromatic carbocycles. The number of benzene rings is 1. The fourth-order valence-electron chi connectivity index (χ4n) is 1.44. The van der Waals surface area contributed by atoms with Crippen molar-refractivity contribution in [2.75, 3.05) is 24.7 Å². The van der Waals surface area contributed by atoms with Gasteiger partial charge in [0.2, 0.25) is 0 Å². The van der Waals surface area contributed by atoms with Gasteiger partial charge in [0.15, 0.2) is 0 Å². The van der Waals surface area contributed by atoms with Crippen LogP contribution in [0.5, 0.6) is 0 Å². The van der Waals surface area contributed by atoms with Crippen molar-refractivity contribution >= 4 is 17.7 Å². The molecule has 3 nitrogen and oxygen atoms in total. The molecule has 0 heterocycles. The summed E-state index contributed by atoms with van der Waals surface area (Å²) < 4.78 is 13.0. The van der Waals surface area contributed by atoms with Gasteiger partial charge in [-0.3, -0.25) is 4.79 Å². The molecule has 0 fully saturated rings. The predicted octanol–water partition coefficient (Wildman–Crippen LogP) is 1.98. The molecule has 0 unspecified atom stereocenters. The molecule has 1 aromatic rings. The van der Waals surface area contributed by atoms with Crippen LogP contribution in [0.3, 0.4) is 0 Å². The van der Waals surface area contributed by atoms with Gasteiger partial charge >= 0.3 is 0 Å². The third-order valence-corrected chi connectivity index (χ3v) is 3.49. The second-order valence-electron chi connectivity index (χ2n) is 3.90. The number of carbonyl (C=O) groups excluding carboxylic acids is 1. The summed E-state index contributed by atoms with van der Waals surface area (Å²) in [5, 5.41) is 11.4. The second kappa shape index (κ2) is 8.11. The molecule has 0 aliphatic heterocycles. The quantitative estimate of drug-likeness (QED) is 0.746. The van der Waals surface area contributed by atoms with Crippen molar-refractivity contribution in [3.63, 3.8) is 0 Å². The number of thioether (sulfide) groups is 1. The smallest absolute Gasteiger partial charge is 0.251 e. The van der Waals surface area contributed by atoms with Gasteiger partial charge in [-0.1, -0.05) is 6.07 Å². The maximum atomic E-state index is 13.0. The van der Waals surface area contributed by atoms with Gasteiger partial charge in [-0.2, -0.15) is 11.8 Å². The molecule has 0 aliphatic rings. The minimum atomic E-state index is -0.400. The minimum absolute atomic E-state index is 0.196. The highest BCUT2D eigenvalue weighted by atomic mass is 32.2. The molecule has 2 N–H and O–H groups in total. The van der Waals surface area contributed by atoms with E-state index in [1.807, 2.05) is 0 Å². The molecule has 1 rings (SSSR count). The van der Waals surface area contributed by atoms with Crippen molar-refractivity contribution < 1.29 is 14.3 Å². The van der Waals surface area contributed by atoms with Crippen LogP contribution in [0.2, 0.25) is 0 Å². The number of amides is 1. The van der Waals surface area contributed by atoms with Gasteiger partial charge in [0, 0.05) is 24.5 Å². The average molecular weight is 271 g/mol. The minimum Gasteiger partial charge on any atom is -0.396 e. The number of hydrogen-bond donors (Lipinski definition) is 2. The highest BCUT2D eigenvalue weighted by Crippen LogP contribution is 2.10. The highest BCUT2D eigenvalue weighted by molar-refractivity contribution is 7.99. The number of aliphatic hydroxyl groups excluding tert-OH is 1. The molecule has 0 aliphatic carbocycles. The van der Waals surface area contributed by atoms with E-state index in [9.17, 15) is 9.18 Å². The first-order valence-electron chi connectivity index (χ1n) is 5.88. The Morgan fingerprint density at radius 2 is 2.22 bits per heavy atom. The van der Waals surface area contributed by atoms with Gasteiger partial charge in [0.05, 0.1) is 0 Å². The number of hydrogen-bond acceptors (Lipinski definition) is 3. The molecule has 100 valence electrons. The summed E-state index contributed by atoms with van der Waals surface area (Å²) in [6.07, 6.45) is 0.765. The van der Waals surface area contributed by atoms with Crippen molar-refractivity contribution in [2.45, 2.75) is 13.3 Å². The zero-order chi connectivity index (χ0) is 13.4. The van der Waals surface area contributed by atoms with Gasteiger partial charge in [-0.15, -0.1) is 0 Å². The lowest BCUT2D eigenvalue weighted by Gasteiger charge is -2.07. The summed E-state index contributed by atoms with van der Waals surface area (Å²) in [6, 6.07) is 4.20. The van der Waals surface area contributed by atoms with Crippen LogP contribution in [-0.2, 0) is 0 Å². The molecule has 0 saturated heterocycles. The first kappa shape index (κ1) is 15.0. The maximum absolute atomic E-state index is 13.0. The van der Waals surface area contributed by atoms with Gasteiger partial charge in [0.1, 0.15) is 5.82 Å². The van der Waals surface area contributed by atoms with E-state index in [2.05, 4.69) is 5.32 Å². The van der Waals surface area contributed by atoms with Crippen LogP contribution >= 0.6 is 11.8 Å². The molecular weight excluding hydrogens is 253 g/mol. The van der Waals surface area contributed by atoms with Crippen molar-refractivity contribution in [1.29, 1.82) is 0 Å². The summed E-state index contributed by atoms with van der Waals surface area (Å²) in [5.74, 6) is 1.03. The summed E-state index contributed by atoms with van der Waals surface area (Å²) in [6.45, 7) is 2.52. The predicted molar refractivity (Wildman–Crippen MR) is 72.5 cm³/mol. The van der Waals surface area contributed by atoms with Crippen molar-refractivity contribution in [3.05, 3.63) is 35.1 Å². The monoisotopic (exact) mass is 271 g/mol. The molecule has 5 heteroatoms. The highest BCUT2D eigenvalue weighted by Gasteiger charge is 2.09. The Morgan fingerprint density at radius 1 is 1.44 bits per heavy atom. The van der Waals surface area contributed by atoms with Crippen LogP contribution in [0.4, 0.5) is 4.39 Å². The topological polar surface area (TPSA) is 49.3 Å². The molecule has 0 radical (unpaired) electrons. The third-order valence-electron chi connectivity index (χ3n) is 2.42. The number of aliphatic hydroxyl groups is 1. The Labute approximate surface area is 111 Å². The van der Waals surface area contributed by atoms with Crippen LogP contribution in [0, 0.1) is 12.7 Å². The zero-order valence-electron chi connectivity index (χ0n) is 10.4. The SMILES string of the molecule is Cc1ccc(F)cc1C(=O)NCCSCCCO. The summed E-state index contributed by atoms with van der Waals surface area (Å²) in [7, 11) is 0. The van der Waals surface area contributed by atoms with E-state index in [1.54, 1.807) is 24.8 Å². The normalized spacial score (nSPS) is 10.4. The first-order chi connectivity index (χ1) is 8.65. The molecule has 0 spiro atoms. The van der Waals surface area contributed by atoms with E-state index in [-0.39, 0.29) is 12.5 Å². The molecule has 0 aromatic heterocycles. The van der Waals surface area contributed by atoms with Crippen molar-refractivity contribution in [2.24, 2.45) is 0 Å². The molecule has 1 amide bonds. The lowest BCUT2D eigenvalue weighted by Crippen LogP contribution is -2.26. The van der Waals surface area contributed by atoms with Gasteiger partial charge in [0.25, 0.3) is 5.91 Å². The Balaban J connectivity index is 2.34. The number of rotatable bonds is 7. The fraction of sp³-hybridized carbons (Fsp3) is 0.462. The summed E-state index contributed by atoms with van der Waals surface area (Å²) in [5.41, 5.74) is 1.15. The zero-order valence-corrected chi connectivity index (χ0v) is 11.2. The Morgan fingerprint density at radius 3 is 2.94 bits per heavy atom. The standard InChI is InChI=1S/C13H18FNO2S/c1-10-3-4-11(14)9-12(10)13(17)15-5-8-18-7-2-6-16/h3-4,9,16H,2,5-8H2,1H3,(H,15,17). The van der Waals surface area contributed by atoms with Crippen LogP contribution in [0.15, 0.2) is 18.2 Å². The Hall–Kier alpha value is -1.07. The third kappa shape index (κ3) is 5.06. The van der Waals surface area contributed by atoms with E-state index in [4.69, 9.17) is 5.11 Å². The summed E-state index contributed by atoms with van der Waals surface area (Å²) in [4.78, 5) is 11.8. The van der Waals surface area contributed by atoms with Crippen LogP contribution in [0.1, 0.15) is 22.3 Å². The van der Waals surface area contributed by atoms with Crippen LogP contribution < -0.4 is 5.32 Å². The van der Waals surface area contributed by atoms with Gasteiger partial charge in [-0.05, 0) is 36.8 Å². The van der Waals surface area contributed by atoms with Crippen LogP contribution in [0.25, 0.3) is 0 Å². The number of carbonyl (C=O) groups is 1. The molecule has 0 saturated carbocycles. The fourth-order valence-corrected chi connectivity index (χ4v) is 2.22. The van der Waals surface area contributed by atoms with Crippen molar-refractivity contribution in [3.8, 4) is 0 Å². The average Bonchev–Trinajstić information content (AvgIpc) is 2.36. The molecule has 0 atom stereocenters. The van der Waals surface area contributed by atoms with E-state index >= 15 is 0 Å². The Bertz CT molecular complexity index is 399. The Kier molecular flexibility index (Phi) is 6.75. The summed E-state index contributed by atoms with van der Waals surface area (Å²) >= 11 is 1.67. The molecular formula is C13H18FNO2S. The largest absolute Gasteiger partial charge is 0.396 e. The number of nitrogens with one attached hydrogen (secondary N) is 1. The van der Waals surface area contributed by atoms with E-state index in [1.165, 1.54) is 12.1 Å².